The molecule has 0 bridgehead atoms. The highest BCUT2D eigenvalue weighted by molar-refractivity contribution is 7.91. The van der Waals surface area contributed by atoms with Gasteiger partial charge in [0.1, 0.15) is 0 Å². The molecule has 2 amide bonds. The Morgan fingerprint density at radius 1 is 1.17 bits per heavy atom. The summed E-state index contributed by atoms with van der Waals surface area (Å²) >= 11 is 11.6. The van der Waals surface area contributed by atoms with Gasteiger partial charge in [0, 0.05) is 6.08 Å². The molecule has 1 atom stereocenters. The lowest BCUT2D eigenvalue weighted by Crippen LogP contribution is -2.44. The second kappa shape index (κ2) is 7.33. The number of hydrogen-bond acceptors (Lipinski definition) is 4. The lowest BCUT2D eigenvalue weighted by Gasteiger charge is -2.09. The quantitative estimate of drug-likeness (QED) is 0.618. The summed E-state index contributed by atoms with van der Waals surface area (Å²) in [5.74, 6) is -1.88. The van der Waals surface area contributed by atoms with Gasteiger partial charge in [-0.25, -0.2) is 8.42 Å². The summed E-state index contributed by atoms with van der Waals surface area (Å²) in [5, 5.41) is 0.775. The first-order chi connectivity index (χ1) is 10.8. The molecular weight excluding hydrogens is 363 g/mol. The summed E-state index contributed by atoms with van der Waals surface area (Å²) in [6, 6.07) is 4.87. The summed E-state index contributed by atoms with van der Waals surface area (Å²) in [5.41, 5.74) is 5.09. The number of benzene rings is 1. The van der Waals surface area contributed by atoms with Gasteiger partial charge in [-0.1, -0.05) is 29.3 Å². The summed E-state index contributed by atoms with van der Waals surface area (Å²) in [4.78, 5) is 23.4. The van der Waals surface area contributed by atoms with Crippen molar-refractivity contribution in [1.82, 2.24) is 10.9 Å². The highest BCUT2D eigenvalue weighted by Crippen LogP contribution is 2.23. The first kappa shape index (κ1) is 17.8. The number of halogens is 2. The molecule has 1 fully saturated rings. The first-order valence-corrected chi connectivity index (χ1v) is 9.28. The first-order valence-electron chi connectivity index (χ1n) is 6.70. The SMILES string of the molecule is O=C(/C=C/c1ccc(Cl)c(Cl)c1)NNC(=O)[C@H]1CCS(=O)(=O)C1. The minimum Gasteiger partial charge on any atom is -0.273 e. The van der Waals surface area contributed by atoms with Crippen molar-refractivity contribution in [3.8, 4) is 0 Å². The van der Waals surface area contributed by atoms with E-state index in [2.05, 4.69) is 10.9 Å². The number of hydrogen-bond donors (Lipinski definition) is 2. The Morgan fingerprint density at radius 2 is 1.91 bits per heavy atom. The molecule has 0 saturated carbocycles. The van der Waals surface area contributed by atoms with Crippen molar-refractivity contribution in [2.45, 2.75) is 6.42 Å². The van der Waals surface area contributed by atoms with E-state index in [9.17, 15) is 18.0 Å². The van der Waals surface area contributed by atoms with Crippen LogP contribution in [0.15, 0.2) is 24.3 Å². The number of nitrogens with one attached hydrogen (secondary N) is 2. The zero-order chi connectivity index (χ0) is 17.0. The molecule has 1 aliphatic heterocycles. The van der Waals surface area contributed by atoms with E-state index in [1.54, 1.807) is 18.2 Å². The van der Waals surface area contributed by atoms with Crippen LogP contribution >= 0.6 is 23.2 Å². The van der Waals surface area contributed by atoms with E-state index >= 15 is 0 Å². The van der Waals surface area contributed by atoms with Crippen LogP contribution in [-0.2, 0) is 19.4 Å². The standard InChI is InChI=1S/C14H14Cl2N2O4S/c15-11-3-1-9(7-12(11)16)2-4-13(19)17-18-14(20)10-5-6-23(21,22)8-10/h1-4,7,10H,5-6,8H2,(H,17,19)(H,18,20)/b4-2+/t10-/m0/s1. The van der Waals surface area contributed by atoms with Crippen LogP contribution in [0.5, 0.6) is 0 Å². The fraction of sp³-hybridized carbons (Fsp3) is 0.286. The molecule has 1 aromatic rings. The Kier molecular flexibility index (Phi) is 5.67. The van der Waals surface area contributed by atoms with Crippen molar-refractivity contribution < 1.29 is 18.0 Å². The molecule has 9 heteroatoms. The predicted molar refractivity (Wildman–Crippen MR) is 88.5 cm³/mol. The third-order valence-corrected chi connectivity index (χ3v) is 5.79. The molecule has 23 heavy (non-hydrogen) atoms. The third kappa shape index (κ3) is 5.23. The van der Waals surface area contributed by atoms with Gasteiger partial charge >= 0.3 is 0 Å². The minimum atomic E-state index is -3.14. The van der Waals surface area contributed by atoms with Crippen molar-refractivity contribution >= 4 is 50.9 Å². The van der Waals surface area contributed by atoms with Gasteiger partial charge in [-0.15, -0.1) is 0 Å². The Balaban J connectivity index is 1.84. The van der Waals surface area contributed by atoms with Crippen LogP contribution in [0.1, 0.15) is 12.0 Å². The molecule has 0 radical (unpaired) electrons. The molecule has 124 valence electrons. The lowest BCUT2D eigenvalue weighted by atomic mass is 10.1. The molecule has 2 N–H and O–H groups in total. The zero-order valence-corrected chi connectivity index (χ0v) is 14.2. The van der Waals surface area contributed by atoms with Crippen molar-refractivity contribution in [3.05, 3.63) is 39.9 Å². The van der Waals surface area contributed by atoms with Gasteiger partial charge < -0.3 is 0 Å². The molecule has 0 aliphatic carbocycles. The van der Waals surface area contributed by atoms with E-state index < -0.39 is 27.6 Å². The van der Waals surface area contributed by atoms with Crippen molar-refractivity contribution in [1.29, 1.82) is 0 Å². The van der Waals surface area contributed by atoms with E-state index in [1.807, 2.05) is 0 Å². The van der Waals surface area contributed by atoms with E-state index in [0.29, 0.717) is 15.6 Å². The van der Waals surface area contributed by atoms with Crippen LogP contribution in [-0.4, -0.2) is 31.7 Å². The number of carbonyl (C=O) groups excluding carboxylic acids is 2. The van der Waals surface area contributed by atoms with Crippen LogP contribution < -0.4 is 10.9 Å². The Morgan fingerprint density at radius 3 is 2.52 bits per heavy atom. The minimum absolute atomic E-state index is 0.00371. The molecule has 1 heterocycles. The zero-order valence-electron chi connectivity index (χ0n) is 11.9. The van der Waals surface area contributed by atoms with Crippen molar-refractivity contribution in [2.24, 2.45) is 5.92 Å². The summed E-state index contributed by atoms with van der Waals surface area (Å²) in [6.45, 7) is 0. The highest BCUT2D eigenvalue weighted by Gasteiger charge is 2.32. The molecule has 6 nitrogen and oxygen atoms in total. The molecule has 1 saturated heterocycles. The normalized spacial score (nSPS) is 19.7. The van der Waals surface area contributed by atoms with Gasteiger partial charge in [0.25, 0.3) is 5.91 Å². The average molecular weight is 377 g/mol. The smallest absolute Gasteiger partial charge is 0.262 e. The fourth-order valence-electron chi connectivity index (χ4n) is 2.06. The molecular formula is C14H14Cl2N2O4S. The molecule has 0 unspecified atom stereocenters. The largest absolute Gasteiger partial charge is 0.273 e. The molecule has 2 rings (SSSR count). The Hall–Kier alpha value is -1.57. The van der Waals surface area contributed by atoms with Crippen LogP contribution in [0.3, 0.4) is 0 Å². The van der Waals surface area contributed by atoms with Gasteiger partial charge in [-0.2, -0.15) is 0 Å². The van der Waals surface area contributed by atoms with Gasteiger partial charge in [-0.3, -0.25) is 20.4 Å². The maximum Gasteiger partial charge on any atom is 0.262 e. The van der Waals surface area contributed by atoms with Crippen LogP contribution in [0.25, 0.3) is 6.08 Å². The van der Waals surface area contributed by atoms with Crippen molar-refractivity contribution in [3.63, 3.8) is 0 Å². The van der Waals surface area contributed by atoms with Gasteiger partial charge in [-0.05, 0) is 30.2 Å². The lowest BCUT2D eigenvalue weighted by molar-refractivity contribution is -0.129. The van der Waals surface area contributed by atoms with E-state index in [-0.39, 0.29) is 17.9 Å². The molecule has 1 aromatic carbocycles. The second-order valence-electron chi connectivity index (χ2n) is 5.09. The van der Waals surface area contributed by atoms with Gasteiger partial charge in [0.15, 0.2) is 9.84 Å². The second-order valence-corrected chi connectivity index (χ2v) is 8.13. The van der Waals surface area contributed by atoms with Crippen LogP contribution in [0, 0.1) is 5.92 Å². The summed E-state index contributed by atoms with van der Waals surface area (Å²) < 4.78 is 22.6. The predicted octanol–water partition coefficient (Wildman–Crippen LogP) is 1.59. The molecule has 0 aromatic heterocycles. The molecule has 1 aliphatic rings. The third-order valence-electron chi connectivity index (χ3n) is 3.28. The van der Waals surface area contributed by atoms with Gasteiger partial charge in [0.05, 0.1) is 27.5 Å². The van der Waals surface area contributed by atoms with E-state index in [4.69, 9.17) is 23.2 Å². The number of hydrazine groups is 1. The number of rotatable bonds is 3. The fourth-order valence-corrected chi connectivity index (χ4v) is 4.10. The van der Waals surface area contributed by atoms with Crippen molar-refractivity contribution in [2.75, 3.05) is 11.5 Å². The Labute approximate surface area is 143 Å². The monoisotopic (exact) mass is 376 g/mol. The average Bonchev–Trinajstić information content (AvgIpc) is 2.86. The van der Waals surface area contributed by atoms with Gasteiger partial charge in [0.2, 0.25) is 5.91 Å². The summed E-state index contributed by atoms with van der Waals surface area (Å²) in [6.07, 6.45) is 2.98. The number of carbonyl (C=O) groups is 2. The maximum atomic E-state index is 11.7. The van der Waals surface area contributed by atoms with E-state index in [1.165, 1.54) is 12.2 Å². The summed E-state index contributed by atoms with van der Waals surface area (Å²) in [7, 11) is -3.14. The topological polar surface area (TPSA) is 92.3 Å². The van der Waals surface area contributed by atoms with Crippen LogP contribution in [0.2, 0.25) is 10.0 Å². The maximum absolute atomic E-state index is 11.7. The highest BCUT2D eigenvalue weighted by atomic mass is 35.5. The Bertz CT molecular complexity index is 762. The van der Waals surface area contributed by atoms with Crippen LogP contribution in [0.4, 0.5) is 0 Å². The number of sulfone groups is 1. The number of amides is 2. The van der Waals surface area contributed by atoms with E-state index in [0.717, 1.165) is 0 Å². The molecule has 0 spiro atoms.